The van der Waals surface area contributed by atoms with E-state index in [4.69, 9.17) is 4.98 Å². The van der Waals surface area contributed by atoms with Gasteiger partial charge in [-0.2, -0.15) is 0 Å². The van der Waals surface area contributed by atoms with Crippen molar-refractivity contribution in [3.05, 3.63) is 101 Å². The highest BCUT2D eigenvalue weighted by Crippen LogP contribution is 2.31. The van der Waals surface area contributed by atoms with Crippen LogP contribution in [-0.4, -0.2) is 27.6 Å². The molecule has 0 fully saturated rings. The molecule has 0 atom stereocenters. The molecule has 0 radical (unpaired) electrons. The summed E-state index contributed by atoms with van der Waals surface area (Å²) in [5, 5.41) is 22.1. The van der Waals surface area contributed by atoms with Crippen molar-refractivity contribution < 1.29 is 10.2 Å². The molecule has 2 N–H and O–H groups in total. The van der Waals surface area contributed by atoms with Gasteiger partial charge in [0.05, 0.1) is 22.4 Å². The number of aryl methyl sites for hydroxylation is 2. The third-order valence-corrected chi connectivity index (χ3v) is 5.80. The van der Waals surface area contributed by atoms with E-state index in [-0.39, 0.29) is 11.5 Å². The molecule has 1 heterocycles. The summed E-state index contributed by atoms with van der Waals surface area (Å²) in [5.41, 5.74) is 6.65. The molecule has 34 heavy (non-hydrogen) atoms. The van der Waals surface area contributed by atoms with Crippen LogP contribution in [0.4, 0.5) is 11.4 Å². The fraction of sp³-hybridized carbons (Fsp3) is 0.0690. The van der Waals surface area contributed by atoms with Gasteiger partial charge in [-0.15, -0.1) is 0 Å². The lowest BCUT2D eigenvalue weighted by atomic mass is 10.0. The average molecular weight is 446 g/mol. The number of hydrogen-bond acceptors (Lipinski definition) is 5. The minimum Gasteiger partial charge on any atom is -0.507 e. The van der Waals surface area contributed by atoms with Crippen LogP contribution in [0.25, 0.3) is 21.8 Å². The van der Waals surface area contributed by atoms with Crippen molar-refractivity contribution >= 4 is 45.6 Å². The van der Waals surface area contributed by atoms with Crippen molar-refractivity contribution in [3.8, 4) is 11.5 Å². The van der Waals surface area contributed by atoms with Crippen molar-refractivity contribution in [3.63, 3.8) is 0 Å². The number of phenols is 2. The highest BCUT2D eigenvalue weighted by molar-refractivity contribution is 5.97. The van der Waals surface area contributed by atoms with Gasteiger partial charge in [-0.1, -0.05) is 24.3 Å². The summed E-state index contributed by atoms with van der Waals surface area (Å²) in [6, 6.07) is 24.4. The van der Waals surface area contributed by atoms with Gasteiger partial charge in [-0.25, -0.2) is 4.98 Å². The van der Waals surface area contributed by atoms with Crippen LogP contribution in [0.3, 0.4) is 0 Å². The van der Waals surface area contributed by atoms with Crippen molar-refractivity contribution in [1.29, 1.82) is 0 Å². The predicted octanol–water partition coefficient (Wildman–Crippen LogP) is 6.92. The molecule has 5 nitrogen and oxygen atoms in total. The quantitative estimate of drug-likeness (QED) is 0.233. The molecule has 5 aromatic rings. The zero-order valence-corrected chi connectivity index (χ0v) is 18.9. The summed E-state index contributed by atoms with van der Waals surface area (Å²) in [6.07, 6.45) is 3.33. The van der Waals surface area contributed by atoms with Crippen LogP contribution >= 0.6 is 0 Å². The summed E-state index contributed by atoms with van der Waals surface area (Å²) in [4.78, 5) is 14.1. The van der Waals surface area contributed by atoms with Crippen LogP contribution in [0, 0.1) is 13.8 Å². The molecule has 5 heteroatoms. The fourth-order valence-corrected chi connectivity index (χ4v) is 3.89. The van der Waals surface area contributed by atoms with Crippen LogP contribution in [0.15, 0.2) is 88.8 Å². The molecule has 0 spiro atoms. The normalized spacial score (nSPS) is 11.8. The number of rotatable bonds is 4. The second-order valence-electron chi connectivity index (χ2n) is 8.29. The van der Waals surface area contributed by atoms with Gasteiger partial charge in [-0.3, -0.25) is 9.98 Å². The first kappa shape index (κ1) is 21.3. The van der Waals surface area contributed by atoms with E-state index in [0.717, 1.165) is 44.3 Å². The van der Waals surface area contributed by atoms with E-state index in [1.807, 2.05) is 50.2 Å². The number of aromatic hydroxyl groups is 2. The summed E-state index contributed by atoms with van der Waals surface area (Å²) < 4.78 is 0. The second-order valence-corrected chi connectivity index (χ2v) is 8.29. The van der Waals surface area contributed by atoms with Crippen LogP contribution in [0.5, 0.6) is 11.5 Å². The molecule has 5 rings (SSSR count). The Kier molecular flexibility index (Phi) is 5.52. The standard InChI is InChI=1S/C29H23N3O2/c1-18-11-22-13-23-12-19(2)25(31-17-21-8-4-6-10-29(21)34)15-27(23)32-26(22)14-24(18)30-16-20-7-3-5-9-28(20)33/h3-17,33-34H,1-2H3. The Balaban J connectivity index is 1.55. The number of aromatic nitrogens is 1. The summed E-state index contributed by atoms with van der Waals surface area (Å²) in [5.74, 6) is 0.391. The first-order valence-electron chi connectivity index (χ1n) is 11.0. The van der Waals surface area contributed by atoms with E-state index < -0.39 is 0 Å². The Labute approximate surface area is 197 Å². The number of nitrogens with zero attached hydrogens (tertiary/aromatic N) is 3. The Morgan fingerprint density at radius 2 is 1.06 bits per heavy atom. The smallest absolute Gasteiger partial charge is 0.124 e. The van der Waals surface area contributed by atoms with Gasteiger partial charge in [0.1, 0.15) is 11.5 Å². The molecular weight excluding hydrogens is 422 g/mol. The second kappa shape index (κ2) is 8.79. The monoisotopic (exact) mass is 445 g/mol. The van der Waals surface area contributed by atoms with Crippen molar-refractivity contribution in [1.82, 2.24) is 4.98 Å². The molecule has 0 unspecified atom stereocenters. The number of fused-ring (bicyclic) bond motifs is 2. The van der Waals surface area contributed by atoms with Crippen LogP contribution in [-0.2, 0) is 0 Å². The van der Waals surface area contributed by atoms with Crippen LogP contribution < -0.4 is 0 Å². The highest BCUT2D eigenvalue weighted by atomic mass is 16.3. The third-order valence-electron chi connectivity index (χ3n) is 5.80. The Morgan fingerprint density at radius 1 is 0.618 bits per heavy atom. The van der Waals surface area contributed by atoms with Crippen molar-refractivity contribution in [2.45, 2.75) is 13.8 Å². The van der Waals surface area contributed by atoms with Gasteiger partial charge >= 0.3 is 0 Å². The summed E-state index contributed by atoms with van der Waals surface area (Å²) in [6.45, 7) is 4.03. The maximum absolute atomic E-state index is 10.00. The topological polar surface area (TPSA) is 78.1 Å². The minimum absolute atomic E-state index is 0.195. The zero-order chi connectivity index (χ0) is 23.7. The van der Waals surface area contributed by atoms with Crippen molar-refractivity contribution in [2.75, 3.05) is 0 Å². The summed E-state index contributed by atoms with van der Waals surface area (Å²) in [7, 11) is 0. The van der Waals surface area contributed by atoms with Gasteiger partial charge < -0.3 is 10.2 Å². The highest BCUT2D eigenvalue weighted by Gasteiger charge is 2.07. The molecule has 0 saturated carbocycles. The van der Waals surface area contributed by atoms with E-state index >= 15 is 0 Å². The Morgan fingerprint density at radius 3 is 1.50 bits per heavy atom. The maximum atomic E-state index is 10.00. The van der Waals surface area contributed by atoms with Crippen molar-refractivity contribution in [2.24, 2.45) is 9.98 Å². The fourth-order valence-electron chi connectivity index (χ4n) is 3.89. The lowest BCUT2D eigenvalue weighted by Gasteiger charge is -2.08. The Hall–Kier alpha value is -4.51. The van der Waals surface area contributed by atoms with Gasteiger partial charge in [0.2, 0.25) is 0 Å². The van der Waals surface area contributed by atoms with Crippen LogP contribution in [0.1, 0.15) is 22.3 Å². The minimum atomic E-state index is 0.195. The third kappa shape index (κ3) is 4.24. The molecule has 4 aromatic carbocycles. The lowest BCUT2D eigenvalue weighted by molar-refractivity contribution is 0.474. The van der Waals surface area contributed by atoms with Crippen LogP contribution in [0.2, 0.25) is 0 Å². The molecule has 0 aliphatic heterocycles. The predicted molar refractivity (Wildman–Crippen MR) is 139 cm³/mol. The number of hydrogen-bond donors (Lipinski definition) is 2. The van der Waals surface area contributed by atoms with Gasteiger partial charge in [0.25, 0.3) is 0 Å². The summed E-state index contributed by atoms with van der Waals surface area (Å²) >= 11 is 0. The van der Waals surface area contributed by atoms with Gasteiger partial charge in [0, 0.05) is 34.3 Å². The number of phenolic OH excluding ortho intramolecular Hbond substituents is 2. The van der Waals surface area contributed by atoms with E-state index in [9.17, 15) is 10.2 Å². The van der Waals surface area contributed by atoms with E-state index in [2.05, 4.69) is 28.2 Å². The SMILES string of the molecule is Cc1cc2cc3cc(C)c(N=Cc4ccccc4O)cc3nc2cc1N=Cc1ccccc1O. The van der Waals surface area contributed by atoms with E-state index in [1.54, 1.807) is 36.7 Å². The molecule has 1 aromatic heterocycles. The molecule has 0 aliphatic carbocycles. The number of para-hydroxylation sites is 2. The molecule has 0 aliphatic rings. The number of pyridine rings is 1. The van der Waals surface area contributed by atoms with E-state index in [0.29, 0.717) is 11.1 Å². The molecule has 0 saturated heterocycles. The first-order valence-corrected chi connectivity index (χ1v) is 11.0. The first-order chi connectivity index (χ1) is 16.5. The molecular formula is C29H23N3O2. The Bertz CT molecular complexity index is 1490. The molecule has 0 bridgehead atoms. The lowest BCUT2D eigenvalue weighted by Crippen LogP contribution is -1.88. The van der Waals surface area contributed by atoms with Gasteiger partial charge in [-0.05, 0) is 79.6 Å². The number of aliphatic imine (C=N–C) groups is 2. The van der Waals surface area contributed by atoms with E-state index in [1.165, 1.54) is 0 Å². The molecule has 166 valence electrons. The average Bonchev–Trinajstić information content (AvgIpc) is 2.82. The number of benzene rings is 4. The molecule has 0 amide bonds. The largest absolute Gasteiger partial charge is 0.507 e. The van der Waals surface area contributed by atoms with Gasteiger partial charge in [0.15, 0.2) is 0 Å². The zero-order valence-electron chi connectivity index (χ0n) is 18.9. The maximum Gasteiger partial charge on any atom is 0.124 e.